The van der Waals surface area contributed by atoms with Gasteiger partial charge in [0.1, 0.15) is 5.52 Å². The van der Waals surface area contributed by atoms with E-state index in [1.165, 1.54) is 44.9 Å². The monoisotopic (exact) mass is 456 g/mol. The molecule has 2 aliphatic rings. The minimum atomic E-state index is -1.12. The van der Waals surface area contributed by atoms with Crippen LogP contribution in [-0.4, -0.2) is 50.2 Å². The van der Waals surface area contributed by atoms with E-state index in [4.69, 9.17) is 4.98 Å². The molecule has 4 rings (SSSR count). The van der Waals surface area contributed by atoms with Gasteiger partial charge in [-0.2, -0.15) is 4.98 Å². The molecule has 0 aliphatic heterocycles. The van der Waals surface area contributed by atoms with Gasteiger partial charge in [-0.05, 0) is 56.3 Å². The number of carboxylic acids is 1. The lowest BCUT2D eigenvalue weighted by Gasteiger charge is -2.32. The van der Waals surface area contributed by atoms with Crippen molar-refractivity contribution in [2.24, 2.45) is 23.7 Å². The maximum Gasteiger partial charge on any atom is 0.374 e. The number of hydrogen-bond donors (Lipinski definition) is 2. The number of aromatic carboxylic acids is 1. The number of nitrogens with zero attached hydrogens (tertiary/aromatic N) is 5. The van der Waals surface area contributed by atoms with Gasteiger partial charge >= 0.3 is 5.97 Å². The van der Waals surface area contributed by atoms with Gasteiger partial charge in [-0.3, -0.25) is 0 Å². The fourth-order valence-electron chi connectivity index (χ4n) is 5.36. The highest BCUT2D eigenvalue weighted by Gasteiger charge is 2.29. The molecule has 2 saturated carbocycles. The molecule has 2 fully saturated rings. The summed E-state index contributed by atoms with van der Waals surface area (Å²) in [5.74, 6) is 2.61. The van der Waals surface area contributed by atoms with E-state index in [1.54, 1.807) is 0 Å². The molecule has 8 nitrogen and oxygen atoms in total. The number of carbonyl (C=O) groups is 1. The lowest BCUT2D eigenvalue weighted by Crippen LogP contribution is -2.32. The Morgan fingerprint density at radius 2 is 1.82 bits per heavy atom. The summed E-state index contributed by atoms with van der Waals surface area (Å²) in [6.45, 7) is 10.6. The summed E-state index contributed by atoms with van der Waals surface area (Å²) in [5.41, 5.74) is 1.32. The molecule has 182 valence electrons. The molecule has 2 aromatic rings. The Hall–Kier alpha value is -2.38. The summed E-state index contributed by atoms with van der Waals surface area (Å²) in [6.07, 6.45) is 8.62. The summed E-state index contributed by atoms with van der Waals surface area (Å²) < 4.78 is 2.26. The van der Waals surface area contributed by atoms with E-state index >= 15 is 0 Å². The van der Waals surface area contributed by atoms with Crippen LogP contribution in [0.1, 0.15) is 83.3 Å². The Kier molecular flexibility index (Phi) is 7.10. The van der Waals surface area contributed by atoms with Crippen molar-refractivity contribution in [1.29, 1.82) is 0 Å². The van der Waals surface area contributed by atoms with Gasteiger partial charge < -0.3 is 19.9 Å². The van der Waals surface area contributed by atoms with E-state index in [2.05, 4.69) is 59.5 Å². The fraction of sp³-hybridized carbons (Fsp3) is 0.760. The van der Waals surface area contributed by atoms with E-state index < -0.39 is 5.97 Å². The normalized spacial score (nSPS) is 22.4. The van der Waals surface area contributed by atoms with Gasteiger partial charge in [-0.25, -0.2) is 14.8 Å². The zero-order valence-corrected chi connectivity index (χ0v) is 20.8. The molecule has 0 unspecified atom stereocenters. The SMILES string of the molecule is CC(C)CN(C)c1nc2nc(C(=O)O)nc(N[C@H](C)C3CCC3)c2n1CC1CCC(C)CC1. The molecule has 2 heterocycles. The predicted molar refractivity (Wildman–Crippen MR) is 132 cm³/mol. The standard InChI is InChI=1S/C25H40N6O2/c1-15(2)13-30(5)25-29-22-20(31(25)14-18-11-9-16(3)10-12-18)21(27-23(28-22)24(32)33)26-17(4)19-7-6-8-19/h15-19H,6-14H2,1-5H3,(H,32,33)(H,26,27,28)/t16?,17-,18?/m1/s1. The molecule has 2 aliphatic carbocycles. The van der Waals surface area contributed by atoms with Crippen molar-refractivity contribution < 1.29 is 9.90 Å². The molecule has 8 heteroatoms. The molecule has 1 atom stereocenters. The third kappa shape index (κ3) is 5.25. The minimum absolute atomic E-state index is 0.194. The smallest absolute Gasteiger partial charge is 0.374 e. The molecule has 0 bridgehead atoms. The molecular formula is C25H40N6O2. The maximum absolute atomic E-state index is 11.8. The van der Waals surface area contributed by atoms with Gasteiger partial charge in [0.2, 0.25) is 11.8 Å². The van der Waals surface area contributed by atoms with E-state index in [0.717, 1.165) is 30.5 Å². The van der Waals surface area contributed by atoms with Crippen LogP contribution in [0.15, 0.2) is 0 Å². The molecule has 0 radical (unpaired) electrons. The highest BCUT2D eigenvalue weighted by Crippen LogP contribution is 2.35. The number of nitrogens with one attached hydrogen (secondary N) is 1. The van der Waals surface area contributed by atoms with Crippen molar-refractivity contribution in [1.82, 2.24) is 19.5 Å². The summed E-state index contributed by atoms with van der Waals surface area (Å²) in [7, 11) is 2.07. The van der Waals surface area contributed by atoms with Crippen LogP contribution in [0.5, 0.6) is 0 Å². The predicted octanol–water partition coefficient (Wildman–Crippen LogP) is 5.04. The molecule has 2 aromatic heterocycles. The van der Waals surface area contributed by atoms with Gasteiger partial charge in [-0.1, -0.05) is 40.0 Å². The Bertz CT molecular complexity index is 975. The first-order valence-corrected chi connectivity index (χ1v) is 12.7. The number of aromatic nitrogens is 4. The number of rotatable bonds is 9. The van der Waals surface area contributed by atoms with Crippen LogP contribution in [0.3, 0.4) is 0 Å². The topological polar surface area (TPSA) is 96.2 Å². The molecule has 0 aromatic carbocycles. The summed E-state index contributed by atoms with van der Waals surface area (Å²) >= 11 is 0. The zero-order valence-electron chi connectivity index (χ0n) is 20.8. The first kappa shape index (κ1) is 23.8. The number of anilines is 2. The second kappa shape index (κ2) is 9.85. The average Bonchev–Trinajstić information content (AvgIpc) is 3.06. The van der Waals surface area contributed by atoms with E-state index in [0.29, 0.717) is 29.2 Å². The van der Waals surface area contributed by atoms with Crippen molar-refractivity contribution in [3.63, 3.8) is 0 Å². The van der Waals surface area contributed by atoms with Crippen molar-refractivity contribution in [2.45, 2.75) is 85.2 Å². The summed E-state index contributed by atoms with van der Waals surface area (Å²) in [5, 5.41) is 13.2. The molecule has 33 heavy (non-hydrogen) atoms. The summed E-state index contributed by atoms with van der Waals surface area (Å²) in [6, 6.07) is 0.231. The Morgan fingerprint density at radius 3 is 2.39 bits per heavy atom. The van der Waals surface area contributed by atoms with Gasteiger partial charge in [0.05, 0.1) is 0 Å². The Balaban J connectivity index is 1.79. The van der Waals surface area contributed by atoms with Gasteiger partial charge in [0, 0.05) is 26.2 Å². The second-order valence-corrected chi connectivity index (χ2v) is 10.9. The van der Waals surface area contributed by atoms with Crippen molar-refractivity contribution in [3.8, 4) is 0 Å². The Morgan fingerprint density at radius 1 is 1.12 bits per heavy atom. The van der Waals surface area contributed by atoms with Crippen LogP contribution in [-0.2, 0) is 6.54 Å². The lowest BCUT2D eigenvalue weighted by molar-refractivity contribution is 0.0684. The zero-order chi connectivity index (χ0) is 23.7. The molecule has 0 saturated heterocycles. The quantitative estimate of drug-likeness (QED) is 0.545. The van der Waals surface area contributed by atoms with Gasteiger partial charge in [0.25, 0.3) is 0 Å². The number of imidazole rings is 1. The number of hydrogen-bond acceptors (Lipinski definition) is 6. The van der Waals surface area contributed by atoms with Crippen LogP contribution in [0.25, 0.3) is 11.2 Å². The molecular weight excluding hydrogens is 416 g/mol. The first-order valence-electron chi connectivity index (χ1n) is 12.7. The highest BCUT2D eigenvalue weighted by molar-refractivity contribution is 5.91. The van der Waals surface area contributed by atoms with Gasteiger partial charge in [-0.15, -0.1) is 0 Å². The van der Waals surface area contributed by atoms with Crippen LogP contribution in [0.4, 0.5) is 11.8 Å². The van der Waals surface area contributed by atoms with Crippen molar-refractivity contribution >= 4 is 28.9 Å². The molecule has 2 N–H and O–H groups in total. The third-order valence-corrected chi connectivity index (χ3v) is 7.55. The molecule has 0 amide bonds. The maximum atomic E-state index is 11.8. The minimum Gasteiger partial charge on any atom is -0.475 e. The lowest BCUT2D eigenvalue weighted by atomic mass is 9.80. The van der Waals surface area contributed by atoms with Crippen molar-refractivity contribution in [2.75, 3.05) is 23.8 Å². The fourth-order valence-corrected chi connectivity index (χ4v) is 5.36. The first-order chi connectivity index (χ1) is 15.7. The highest BCUT2D eigenvalue weighted by atomic mass is 16.4. The van der Waals surface area contributed by atoms with Crippen molar-refractivity contribution in [3.05, 3.63) is 5.82 Å². The second-order valence-electron chi connectivity index (χ2n) is 10.9. The number of carboxylic acid groups (broad SMARTS) is 1. The molecule has 0 spiro atoms. The summed E-state index contributed by atoms with van der Waals surface area (Å²) in [4.78, 5) is 27.7. The van der Waals surface area contributed by atoms with E-state index in [1.807, 2.05) is 0 Å². The van der Waals surface area contributed by atoms with Crippen LogP contribution in [0.2, 0.25) is 0 Å². The largest absolute Gasteiger partial charge is 0.475 e. The average molecular weight is 457 g/mol. The number of fused-ring (bicyclic) bond motifs is 1. The van der Waals surface area contributed by atoms with E-state index in [9.17, 15) is 9.90 Å². The van der Waals surface area contributed by atoms with E-state index in [-0.39, 0.29) is 11.9 Å². The van der Waals surface area contributed by atoms with Gasteiger partial charge in [0.15, 0.2) is 11.5 Å². The van der Waals surface area contributed by atoms with Crippen LogP contribution >= 0.6 is 0 Å². The third-order valence-electron chi connectivity index (χ3n) is 7.55. The van der Waals surface area contributed by atoms with Crippen LogP contribution < -0.4 is 10.2 Å². The van der Waals surface area contributed by atoms with Crippen LogP contribution in [0, 0.1) is 23.7 Å². The Labute approximate surface area is 197 Å².